The van der Waals surface area contributed by atoms with Crippen LogP contribution in [-0.4, -0.2) is 36.9 Å². The molecule has 0 aliphatic carbocycles. The van der Waals surface area contributed by atoms with E-state index in [1.165, 1.54) is 0 Å². The standard InChI is InChI=1S/C15H23N3O3/c1-10(13-4-3-7-21-13)17-9-11-5-6-12(15(16)18-19)14(8-11)20-2/h5-6,8,10,13,17,19H,3-4,7,9H2,1-2H3,(H2,16,18). The second-order valence-corrected chi connectivity index (χ2v) is 5.24. The minimum atomic E-state index is 0.0408. The Hall–Kier alpha value is -1.79. The van der Waals surface area contributed by atoms with Crippen molar-refractivity contribution >= 4 is 5.84 Å². The van der Waals surface area contributed by atoms with Crippen molar-refractivity contribution in [1.82, 2.24) is 5.32 Å². The monoisotopic (exact) mass is 293 g/mol. The van der Waals surface area contributed by atoms with E-state index in [0.29, 0.717) is 30.0 Å². The van der Waals surface area contributed by atoms with E-state index in [1.54, 1.807) is 13.2 Å². The lowest BCUT2D eigenvalue weighted by atomic mass is 10.1. The molecule has 2 unspecified atom stereocenters. The molecule has 1 aliphatic heterocycles. The number of amidine groups is 1. The maximum absolute atomic E-state index is 8.76. The fourth-order valence-corrected chi connectivity index (χ4v) is 2.52. The van der Waals surface area contributed by atoms with Gasteiger partial charge >= 0.3 is 0 Å². The summed E-state index contributed by atoms with van der Waals surface area (Å²) in [6, 6.07) is 5.93. The number of ether oxygens (including phenoxy) is 2. The highest BCUT2D eigenvalue weighted by Crippen LogP contribution is 2.21. The summed E-state index contributed by atoms with van der Waals surface area (Å²) in [5, 5.41) is 15.2. The van der Waals surface area contributed by atoms with Gasteiger partial charge in [0.1, 0.15) is 5.75 Å². The van der Waals surface area contributed by atoms with Gasteiger partial charge in [0.25, 0.3) is 0 Å². The first kappa shape index (κ1) is 15.6. The third-order valence-corrected chi connectivity index (χ3v) is 3.80. The second-order valence-electron chi connectivity index (χ2n) is 5.24. The molecule has 1 heterocycles. The third-order valence-electron chi connectivity index (χ3n) is 3.80. The SMILES string of the molecule is COc1cc(CNC(C)C2CCCO2)ccc1/C(N)=N/O. The Morgan fingerprint density at radius 1 is 1.62 bits per heavy atom. The topological polar surface area (TPSA) is 89.1 Å². The molecule has 6 heteroatoms. The molecular formula is C15H23N3O3. The molecule has 0 aromatic heterocycles. The first-order valence-corrected chi connectivity index (χ1v) is 7.15. The summed E-state index contributed by atoms with van der Waals surface area (Å²) in [4.78, 5) is 0. The Balaban J connectivity index is 2.00. The van der Waals surface area contributed by atoms with Gasteiger partial charge in [0.15, 0.2) is 5.84 Å². The highest BCUT2D eigenvalue weighted by molar-refractivity contribution is 5.99. The zero-order valence-corrected chi connectivity index (χ0v) is 12.5. The number of rotatable bonds is 6. The highest BCUT2D eigenvalue weighted by atomic mass is 16.5. The van der Waals surface area contributed by atoms with Crippen LogP contribution in [0.15, 0.2) is 23.4 Å². The maximum Gasteiger partial charge on any atom is 0.173 e. The van der Waals surface area contributed by atoms with Gasteiger partial charge in [-0.05, 0) is 37.5 Å². The Kier molecular flexibility index (Phi) is 5.41. The lowest BCUT2D eigenvalue weighted by Gasteiger charge is -2.20. The zero-order valence-electron chi connectivity index (χ0n) is 12.5. The van der Waals surface area contributed by atoms with Crippen molar-refractivity contribution in [1.29, 1.82) is 0 Å². The van der Waals surface area contributed by atoms with E-state index in [4.69, 9.17) is 20.4 Å². The molecule has 1 aliphatic rings. The van der Waals surface area contributed by atoms with Crippen molar-refractivity contribution in [2.75, 3.05) is 13.7 Å². The molecule has 0 spiro atoms. The summed E-state index contributed by atoms with van der Waals surface area (Å²) in [5.41, 5.74) is 7.27. The van der Waals surface area contributed by atoms with Gasteiger partial charge in [0, 0.05) is 19.2 Å². The van der Waals surface area contributed by atoms with Crippen LogP contribution in [0, 0.1) is 0 Å². The number of nitrogens with zero attached hydrogens (tertiary/aromatic N) is 1. The summed E-state index contributed by atoms with van der Waals surface area (Å²) in [6.07, 6.45) is 2.54. The van der Waals surface area contributed by atoms with Crippen LogP contribution in [-0.2, 0) is 11.3 Å². The number of oxime groups is 1. The summed E-state index contributed by atoms with van der Waals surface area (Å²) in [6.45, 7) is 3.71. The molecule has 2 atom stereocenters. The van der Waals surface area contributed by atoms with Crippen molar-refractivity contribution < 1.29 is 14.7 Å². The Morgan fingerprint density at radius 2 is 2.43 bits per heavy atom. The molecule has 1 saturated heterocycles. The maximum atomic E-state index is 8.76. The van der Waals surface area contributed by atoms with Gasteiger partial charge in [-0.25, -0.2) is 0 Å². The van der Waals surface area contributed by atoms with E-state index >= 15 is 0 Å². The molecule has 1 fully saturated rings. The fraction of sp³-hybridized carbons (Fsp3) is 0.533. The van der Waals surface area contributed by atoms with Gasteiger partial charge in [-0.3, -0.25) is 0 Å². The molecule has 116 valence electrons. The molecule has 0 radical (unpaired) electrons. The van der Waals surface area contributed by atoms with Gasteiger partial charge in [-0.1, -0.05) is 11.2 Å². The van der Waals surface area contributed by atoms with Crippen molar-refractivity contribution in [3.8, 4) is 5.75 Å². The lowest BCUT2D eigenvalue weighted by molar-refractivity contribution is 0.0832. The Bertz CT molecular complexity index is 499. The van der Waals surface area contributed by atoms with Crippen LogP contribution in [0.25, 0.3) is 0 Å². The smallest absolute Gasteiger partial charge is 0.173 e. The highest BCUT2D eigenvalue weighted by Gasteiger charge is 2.21. The second kappa shape index (κ2) is 7.28. The van der Waals surface area contributed by atoms with Crippen molar-refractivity contribution in [3.63, 3.8) is 0 Å². The van der Waals surface area contributed by atoms with E-state index in [2.05, 4.69) is 17.4 Å². The molecule has 4 N–H and O–H groups in total. The van der Waals surface area contributed by atoms with Gasteiger partial charge in [-0.2, -0.15) is 0 Å². The normalized spacial score (nSPS) is 20.5. The van der Waals surface area contributed by atoms with Crippen molar-refractivity contribution in [2.24, 2.45) is 10.9 Å². The molecule has 1 aromatic rings. The van der Waals surface area contributed by atoms with E-state index < -0.39 is 0 Å². The predicted octanol–water partition coefficient (Wildman–Crippen LogP) is 1.45. The van der Waals surface area contributed by atoms with Crippen LogP contribution < -0.4 is 15.8 Å². The number of nitrogens with one attached hydrogen (secondary N) is 1. The number of hydrogen-bond donors (Lipinski definition) is 3. The molecule has 21 heavy (non-hydrogen) atoms. The summed E-state index contributed by atoms with van der Waals surface area (Å²) >= 11 is 0. The van der Waals surface area contributed by atoms with Crippen LogP contribution in [0.2, 0.25) is 0 Å². The molecule has 0 saturated carbocycles. The molecule has 6 nitrogen and oxygen atoms in total. The fourth-order valence-electron chi connectivity index (χ4n) is 2.52. The first-order valence-electron chi connectivity index (χ1n) is 7.15. The Labute approximate surface area is 124 Å². The molecule has 1 aromatic carbocycles. The minimum Gasteiger partial charge on any atom is -0.496 e. The van der Waals surface area contributed by atoms with Gasteiger partial charge in [0.05, 0.1) is 18.8 Å². The summed E-state index contributed by atoms with van der Waals surface area (Å²) < 4.78 is 11.0. The molecular weight excluding hydrogens is 270 g/mol. The largest absolute Gasteiger partial charge is 0.496 e. The molecule has 2 rings (SSSR count). The predicted molar refractivity (Wildman–Crippen MR) is 80.8 cm³/mol. The quantitative estimate of drug-likeness (QED) is 0.320. The Morgan fingerprint density at radius 3 is 3.05 bits per heavy atom. The first-order chi connectivity index (χ1) is 10.2. The van der Waals surface area contributed by atoms with Crippen molar-refractivity contribution in [2.45, 2.75) is 38.5 Å². The number of benzene rings is 1. The summed E-state index contributed by atoms with van der Waals surface area (Å²) in [7, 11) is 1.57. The van der Waals surface area contributed by atoms with Gasteiger partial charge in [-0.15, -0.1) is 0 Å². The lowest BCUT2D eigenvalue weighted by Crippen LogP contribution is -2.36. The third kappa shape index (κ3) is 3.86. The van der Waals surface area contributed by atoms with E-state index in [9.17, 15) is 0 Å². The van der Waals surface area contributed by atoms with E-state index in [-0.39, 0.29) is 5.84 Å². The molecule has 0 bridgehead atoms. The van der Waals surface area contributed by atoms with E-state index in [0.717, 1.165) is 25.0 Å². The molecule has 0 amide bonds. The van der Waals surface area contributed by atoms with Crippen LogP contribution in [0.3, 0.4) is 0 Å². The van der Waals surface area contributed by atoms with Gasteiger partial charge in [0.2, 0.25) is 0 Å². The van der Waals surface area contributed by atoms with Crippen LogP contribution in [0.1, 0.15) is 30.9 Å². The summed E-state index contributed by atoms with van der Waals surface area (Å²) in [5.74, 6) is 0.633. The number of nitrogens with two attached hydrogens (primary N) is 1. The van der Waals surface area contributed by atoms with Crippen LogP contribution in [0.4, 0.5) is 0 Å². The number of hydrogen-bond acceptors (Lipinski definition) is 5. The van der Waals surface area contributed by atoms with E-state index in [1.807, 2.05) is 12.1 Å². The average Bonchev–Trinajstić information content (AvgIpc) is 3.06. The van der Waals surface area contributed by atoms with Crippen molar-refractivity contribution in [3.05, 3.63) is 29.3 Å². The number of methoxy groups -OCH3 is 1. The zero-order chi connectivity index (χ0) is 15.2. The minimum absolute atomic E-state index is 0.0408. The average molecular weight is 293 g/mol. The van der Waals surface area contributed by atoms with Gasteiger partial charge < -0.3 is 25.7 Å². The van der Waals surface area contributed by atoms with Crippen LogP contribution in [0.5, 0.6) is 5.75 Å². The van der Waals surface area contributed by atoms with Crippen LogP contribution >= 0.6 is 0 Å².